The predicted molar refractivity (Wildman–Crippen MR) is 143 cm³/mol. The van der Waals surface area contributed by atoms with Crippen molar-refractivity contribution in [2.24, 2.45) is 5.18 Å². The number of halogens is 2. The van der Waals surface area contributed by atoms with Crippen molar-refractivity contribution in [1.82, 2.24) is 0 Å². The van der Waals surface area contributed by atoms with Crippen molar-refractivity contribution in [2.75, 3.05) is 22.6 Å². The Labute approximate surface area is 210 Å². The molecule has 0 radical (unpaired) electrons. The van der Waals surface area contributed by atoms with Gasteiger partial charge in [0.1, 0.15) is 5.69 Å². The predicted octanol–water partition coefficient (Wildman–Crippen LogP) is 8.36. The number of amides is 2. The first-order valence-corrected chi connectivity index (χ1v) is 11.9. The maximum absolute atomic E-state index is 13.8. The van der Waals surface area contributed by atoms with E-state index in [1.165, 1.54) is 0 Å². The molecule has 8 heteroatoms. The monoisotopic (exact) mass is 498 g/mol. The third-order valence-electron chi connectivity index (χ3n) is 5.89. The smallest absolute Gasteiger partial charge is 0.326 e. The summed E-state index contributed by atoms with van der Waals surface area (Å²) in [7, 11) is 1.84. The molecule has 0 aromatic heterocycles. The lowest BCUT2D eigenvalue weighted by molar-refractivity contribution is 0.255. The molecular formula is C26H28Cl2N4O2. The van der Waals surface area contributed by atoms with Crippen LogP contribution in [0, 0.1) is 4.91 Å². The minimum absolute atomic E-state index is 0.232. The number of nitrogens with zero attached hydrogens (tertiary/aromatic N) is 2. The topological polar surface area (TPSA) is 73.8 Å². The van der Waals surface area contributed by atoms with E-state index in [0.29, 0.717) is 39.8 Å². The molecule has 0 aliphatic rings. The summed E-state index contributed by atoms with van der Waals surface area (Å²) in [6.45, 7) is 5.82. The molecule has 0 fully saturated rings. The Morgan fingerprint density at radius 1 is 1.00 bits per heavy atom. The molecule has 3 rings (SSSR count). The van der Waals surface area contributed by atoms with Crippen molar-refractivity contribution in [3.05, 3.63) is 86.2 Å². The molecule has 0 heterocycles. The molecular weight excluding hydrogens is 471 g/mol. The van der Waals surface area contributed by atoms with Crippen molar-refractivity contribution >= 4 is 52.0 Å². The van der Waals surface area contributed by atoms with E-state index < -0.39 is 0 Å². The van der Waals surface area contributed by atoms with E-state index in [2.05, 4.69) is 15.8 Å². The fourth-order valence-electron chi connectivity index (χ4n) is 4.02. The molecule has 34 heavy (non-hydrogen) atoms. The largest absolute Gasteiger partial charge is 0.388 e. The number of rotatable bonds is 8. The molecule has 2 N–H and O–H groups in total. The zero-order valence-electron chi connectivity index (χ0n) is 19.7. The third kappa shape index (κ3) is 5.34. The van der Waals surface area contributed by atoms with Crippen LogP contribution in [-0.2, 0) is 12.8 Å². The van der Waals surface area contributed by atoms with Crippen LogP contribution >= 0.6 is 23.2 Å². The summed E-state index contributed by atoms with van der Waals surface area (Å²) in [6, 6.07) is 15.9. The van der Waals surface area contributed by atoms with E-state index in [1.54, 1.807) is 23.1 Å². The van der Waals surface area contributed by atoms with Crippen LogP contribution in [0.5, 0.6) is 0 Å². The van der Waals surface area contributed by atoms with Gasteiger partial charge in [-0.15, -0.1) is 4.91 Å². The second-order valence-electron chi connectivity index (χ2n) is 7.83. The quantitative estimate of drug-likeness (QED) is 0.306. The molecule has 2 amide bonds. The lowest BCUT2D eigenvalue weighted by atomic mass is 10.0. The molecule has 0 saturated carbocycles. The van der Waals surface area contributed by atoms with Crippen LogP contribution in [-0.4, -0.2) is 13.1 Å². The first kappa shape index (κ1) is 25.5. The molecule has 0 aliphatic carbocycles. The Bertz CT molecular complexity index is 1160. The SMILES string of the molecule is CCc1c(Cl)cc(N=O)c(CC)c1NC(=O)N(c1ccc(NC)cc1)C(C)c1ccc(Cl)cc1. The highest BCUT2D eigenvalue weighted by molar-refractivity contribution is 6.32. The van der Waals surface area contributed by atoms with Gasteiger partial charge >= 0.3 is 6.03 Å². The lowest BCUT2D eigenvalue weighted by Gasteiger charge is -2.31. The number of benzene rings is 3. The highest BCUT2D eigenvalue weighted by Gasteiger charge is 2.26. The molecule has 0 spiro atoms. The molecule has 0 aliphatic heterocycles. The van der Waals surface area contributed by atoms with Crippen molar-refractivity contribution < 1.29 is 4.79 Å². The van der Waals surface area contributed by atoms with E-state index in [0.717, 1.165) is 16.8 Å². The standard InChI is InChI=1S/C26H28Cl2N4O2/c1-5-21-23(28)15-24(31-34)22(6-2)25(21)30-26(33)32(20-13-11-19(29-4)12-14-20)16(3)17-7-9-18(27)10-8-17/h7-16,29H,5-6H2,1-4H3,(H,30,33). The van der Waals surface area contributed by atoms with Gasteiger partial charge in [-0.3, -0.25) is 4.90 Å². The number of nitroso groups, excluding NO2 is 1. The van der Waals surface area contributed by atoms with E-state index in [4.69, 9.17) is 23.2 Å². The molecule has 0 bridgehead atoms. The van der Waals surface area contributed by atoms with Gasteiger partial charge in [-0.05, 0) is 78.5 Å². The van der Waals surface area contributed by atoms with E-state index in [1.807, 2.05) is 64.2 Å². The number of anilines is 3. The average Bonchev–Trinajstić information content (AvgIpc) is 2.84. The van der Waals surface area contributed by atoms with Crippen LogP contribution < -0.4 is 15.5 Å². The molecule has 6 nitrogen and oxygen atoms in total. The average molecular weight is 499 g/mol. The minimum Gasteiger partial charge on any atom is -0.388 e. The minimum atomic E-state index is -0.344. The maximum atomic E-state index is 13.8. The first-order valence-electron chi connectivity index (χ1n) is 11.2. The Morgan fingerprint density at radius 2 is 1.62 bits per heavy atom. The fourth-order valence-corrected chi connectivity index (χ4v) is 4.48. The zero-order chi connectivity index (χ0) is 24.8. The lowest BCUT2D eigenvalue weighted by Crippen LogP contribution is -2.37. The number of carbonyl (C=O) groups excluding carboxylic acids is 1. The van der Waals surface area contributed by atoms with Crippen LogP contribution in [0.15, 0.2) is 59.8 Å². The summed E-state index contributed by atoms with van der Waals surface area (Å²) in [4.78, 5) is 27.0. The summed E-state index contributed by atoms with van der Waals surface area (Å²) >= 11 is 12.5. The van der Waals surface area contributed by atoms with Gasteiger partial charge in [-0.1, -0.05) is 49.2 Å². The number of hydrogen-bond donors (Lipinski definition) is 2. The number of nitrogens with one attached hydrogen (secondary N) is 2. The van der Waals surface area contributed by atoms with Crippen LogP contribution in [0.25, 0.3) is 0 Å². The van der Waals surface area contributed by atoms with Crippen LogP contribution in [0.1, 0.15) is 43.5 Å². The second-order valence-corrected chi connectivity index (χ2v) is 8.68. The van der Waals surface area contributed by atoms with Gasteiger partial charge in [0.2, 0.25) is 0 Å². The van der Waals surface area contributed by atoms with Crippen LogP contribution in [0.4, 0.5) is 27.5 Å². The third-order valence-corrected chi connectivity index (χ3v) is 6.48. The molecule has 1 unspecified atom stereocenters. The van der Waals surface area contributed by atoms with Crippen molar-refractivity contribution in [2.45, 2.75) is 39.7 Å². The summed E-state index contributed by atoms with van der Waals surface area (Å²) in [5.41, 5.74) is 4.77. The summed E-state index contributed by atoms with van der Waals surface area (Å²) in [5.74, 6) is 0. The Balaban J connectivity index is 2.09. The van der Waals surface area contributed by atoms with Crippen molar-refractivity contribution in [3.8, 4) is 0 Å². The number of hydrogen-bond acceptors (Lipinski definition) is 4. The molecule has 0 saturated heterocycles. The number of urea groups is 1. The van der Waals surface area contributed by atoms with Crippen LogP contribution in [0.2, 0.25) is 10.0 Å². The van der Waals surface area contributed by atoms with Gasteiger partial charge in [0.15, 0.2) is 0 Å². The summed E-state index contributed by atoms with van der Waals surface area (Å²) < 4.78 is 0. The van der Waals surface area contributed by atoms with Gasteiger partial charge in [0, 0.05) is 34.0 Å². The van der Waals surface area contributed by atoms with Crippen LogP contribution in [0.3, 0.4) is 0 Å². The zero-order valence-corrected chi connectivity index (χ0v) is 21.2. The molecule has 1 atom stereocenters. The van der Waals surface area contributed by atoms with Crippen molar-refractivity contribution in [3.63, 3.8) is 0 Å². The van der Waals surface area contributed by atoms with E-state index >= 15 is 0 Å². The van der Waals surface area contributed by atoms with Gasteiger partial charge in [0.25, 0.3) is 0 Å². The molecule has 3 aromatic rings. The van der Waals surface area contributed by atoms with E-state index in [-0.39, 0.29) is 17.8 Å². The molecule has 178 valence electrons. The summed E-state index contributed by atoms with van der Waals surface area (Å²) in [6.07, 6.45) is 1.11. The Hall–Kier alpha value is -3.09. The number of carbonyl (C=O) groups is 1. The maximum Gasteiger partial charge on any atom is 0.326 e. The highest BCUT2D eigenvalue weighted by atomic mass is 35.5. The fraction of sp³-hybridized carbons (Fsp3) is 0.269. The van der Waals surface area contributed by atoms with Gasteiger partial charge in [-0.25, -0.2) is 4.79 Å². The Kier molecular flexibility index (Phi) is 8.53. The molecule has 3 aromatic carbocycles. The normalized spacial score (nSPS) is 11.6. The summed E-state index contributed by atoms with van der Waals surface area (Å²) in [5, 5.41) is 10.3. The van der Waals surface area contributed by atoms with E-state index in [9.17, 15) is 9.70 Å². The van der Waals surface area contributed by atoms with Crippen molar-refractivity contribution in [1.29, 1.82) is 0 Å². The van der Waals surface area contributed by atoms with Gasteiger partial charge in [0.05, 0.1) is 11.7 Å². The second kappa shape index (κ2) is 11.4. The highest BCUT2D eigenvalue weighted by Crippen LogP contribution is 2.38. The Morgan fingerprint density at radius 3 is 2.15 bits per heavy atom. The first-order chi connectivity index (χ1) is 16.3. The van der Waals surface area contributed by atoms with Gasteiger partial charge in [-0.2, -0.15) is 0 Å². The van der Waals surface area contributed by atoms with Gasteiger partial charge < -0.3 is 10.6 Å².